The van der Waals surface area contributed by atoms with Crippen molar-refractivity contribution in [1.29, 1.82) is 0 Å². The fourth-order valence-corrected chi connectivity index (χ4v) is 6.86. The first-order valence-electron chi connectivity index (χ1n) is 12.0. The van der Waals surface area contributed by atoms with Gasteiger partial charge in [0.2, 0.25) is 0 Å². The van der Waals surface area contributed by atoms with Gasteiger partial charge in [-0.15, -0.1) is 0 Å². The summed E-state index contributed by atoms with van der Waals surface area (Å²) in [5.74, 6) is -1.90. The standard InChI is InChI=1S/C25H32ClF2N3O3S/c1-14-6-7-15(12-25(2,34)13-32)21(14)30-35-23-19-5-3-4-10-31(19)22(20(23)26)24(33)29-16-8-9-17(27)18(28)11-16/h8-9,11,14-15,21,30,32,34H,3-7,10,12-13H2,1-2H3,(H,29,33). The molecule has 1 amide bonds. The summed E-state index contributed by atoms with van der Waals surface area (Å²) < 4.78 is 32.4. The average molecular weight is 528 g/mol. The van der Waals surface area contributed by atoms with Crippen LogP contribution in [0.3, 0.4) is 0 Å². The molecule has 4 atom stereocenters. The number of carbonyl (C=O) groups is 1. The van der Waals surface area contributed by atoms with Gasteiger partial charge in [0.1, 0.15) is 5.69 Å². The van der Waals surface area contributed by atoms with E-state index in [1.54, 1.807) is 6.92 Å². The second-order valence-corrected chi connectivity index (χ2v) is 11.3. The molecule has 2 heterocycles. The molecule has 4 rings (SSSR count). The second-order valence-electron chi connectivity index (χ2n) is 10.0. The van der Waals surface area contributed by atoms with E-state index in [0.29, 0.717) is 29.6 Å². The number of aromatic nitrogens is 1. The van der Waals surface area contributed by atoms with Gasteiger partial charge < -0.3 is 20.1 Å². The Morgan fingerprint density at radius 1 is 1.29 bits per heavy atom. The minimum absolute atomic E-state index is 0.118. The lowest BCUT2D eigenvalue weighted by Crippen LogP contribution is -2.39. The van der Waals surface area contributed by atoms with Crippen molar-refractivity contribution >= 4 is 35.1 Å². The van der Waals surface area contributed by atoms with Crippen molar-refractivity contribution < 1.29 is 23.8 Å². The molecule has 192 valence electrons. The minimum Gasteiger partial charge on any atom is -0.393 e. The predicted octanol–water partition coefficient (Wildman–Crippen LogP) is 5.15. The molecule has 1 saturated carbocycles. The lowest BCUT2D eigenvalue weighted by atomic mass is 9.88. The number of nitrogens with zero attached hydrogens (tertiary/aromatic N) is 1. The smallest absolute Gasteiger partial charge is 0.273 e. The van der Waals surface area contributed by atoms with Crippen LogP contribution in [-0.4, -0.2) is 38.9 Å². The topological polar surface area (TPSA) is 86.5 Å². The number of nitrogens with one attached hydrogen (secondary N) is 2. The first-order chi connectivity index (χ1) is 16.6. The number of rotatable bonds is 8. The van der Waals surface area contributed by atoms with Gasteiger partial charge in [-0.2, -0.15) is 0 Å². The van der Waals surface area contributed by atoms with Crippen molar-refractivity contribution in [1.82, 2.24) is 9.29 Å². The zero-order chi connectivity index (χ0) is 25.3. The van der Waals surface area contributed by atoms with E-state index in [2.05, 4.69) is 17.0 Å². The number of hydrogen-bond donors (Lipinski definition) is 4. The molecule has 0 saturated heterocycles. The average Bonchev–Trinajstić information content (AvgIpc) is 3.30. The van der Waals surface area contributed by atoms with E-state index in [1.165, 1.54) is 18.0 Å². The molecule has 1 fully saturated rings. The van der Waals surface area contributed by atoms with Crippen LogP contribution in [-0.2, 0) is 13.0 Å². The Labute approximate surface area is 213 Å². The maximum atomic E-state index is 13.6. The van der Waals surface area contributed by atoms with Gasteiger partial charge in [-0.3, -0.25) is 9.52 Å². The summed E-state index contributed by atoms with van der Waals surface area (Å²) >= 11 is 8.19. The summed E-state index contributed by atoms with van der Waals surface area (Å²) in [6.45, 7) is 4.19. The Balaban J connectivity index is 1.56. The van der Waals surface area contributed by atoms with Crippen molar-refractivity contribution in [3.05, 3.63) is 46.2 Å². The van der Waals surface area contributed by atoms with Gasteiger partial charge in [0.05, 0.1) is 22.1 Å². The number of aliphatic hydroxyl groups is 2. The number of amides is 1. The first kappa shape index (κ1) is 26.4. The molecular weight excluding hydrogens is 496 g/mol. The molecule has 2 aromatic rings. The normalized spacial score (nSPS) is 23.7. The third kappa shape index (κ3) is 5.69. The Morgan fingerprint density at radius 3 is 2.77 bits per heavy atom. The summed E-state index contributed by atoms with van der Waals surface area (Å²) in [5.41, 5.74) is 0.327. The van der Waals surface area contributed by atoms with Gasteiger partial charge in [0, 0.05) is 30.0 Å². The van der Waals surface area contributed by atoms with Crippen LogP contribution in [0.15, 0.2) is 23.1 Å². The van der Waals surface area contributed by atoms with Crippen LogP contribution in [0.4, 0.5) is 14.5 Å². The highest BCUT2D eigenvalue weighted by molar-refractivity contribution is 7.97. The molecule has 2 aliphatic rings. The zero-order valence-corrected chi connectivity index (χ0v) is 21.5. The largest absolute Gasteiger partial charge is 0.393 e. The summed E-state index contributed by atoms with van der Waals surface area (Å²) in [4.78, 5) is 14.0. The van der Waals surface area contributed by atoms with Crippen LogP contribution < -0.4 is 10.0 Å². The molecule has 4 unspecified atom stereocenters. The van der Waals surface area contributed by atoms with Crippen molar-refractivity contribution in [2.75, 3.05) is 11.9 Å². The van der Waals surface area contributed by atoms with Crippen LogP contribution in [0, 0.1) is 23.5 Å². The highest BCUT2D eigenvalue weighted by Gasteiger charge is 2.38. The highest BCUT2D eigenvalue weighted by atomic mass is 35.5. The fraction of sp³-hybridized carbons (Fsp3) is 0.560. The van der Waals surface area contributed by atoms with Crippen LogP contribution in [0.5, 0.6) is 0 Å². The number of hydrogen-bond acceptors (Lipinski definition) is 5. The monoisotopic (exact) mass is 527 g/mol. The molecular formula is C25H32ClF2N3O3S. The van der Waals surface area contributed by atoms with E-state index in [-0.39, 0.29) is 24.3 Å². The van der Waals surface area contributed by atoms with Gasteiger partial charge in [-0.25, -0.2) is 8.78 Å². The summed E-state index contributed by atoms with van der Waals surface area (Å²) in [6, 6.07) is 3.34. The van der Waals surface area contributed by atoms with E-state index < -0.39 is 23.1 Å². The van der Waals surface area contributed by atoms with Crippen LogP contribution in [0.2, 0.25) is 5.02 Å². The number of carbonyl (C=O) groups excluding carboxylic acids is 1. The third-order valence-corrected chi connectivity index (χ3v) is 8.67. The second kappa shape index (κ2) is 10.8. The van der Waals surface area contributed by atoms with Crippen LogP contribution in [0.25, 0.3) is 0 Å². The molecule has 1 aliphatic carbocycles. The summed E-state index contributed by atoms with van der Waals surface area (Å²) in [7, 11) is 0. The van der Waals surface area contributed by atoms with E-state index in [9.17, 15) is 23.8 Å². The van der Waals surface area contributed by atoms with E-state index >= 15 is 0 Å². The Kier molecular flexibility index (Phi) is 8.12. The Bertz CT molecular complexity index is 1090. The fourth-order valence-electron chi connectivity index (χ4n) is 5.26. The van der Waals surface area contributed by atoms with Crippen molar-refractivity contribution in [2.24, 2.45) is 11.8 Å². The predicted molar refractivity (Wildman–Crippen MR) is 134 cm³/mol. The van der Waals surface area contributed by atoms with E-state index in [4.69, 9.17) is 11.6 Å². The van der Waals surface area contributed by atoms with Gasteiger partial charge >= 0.3 is 0 Å². The molecule has 4 N–H and O–H groups in total. The van der Waals surface area contributed by atoms with Gasteiger partial charge in [0.25, 0.3) is 5.91 Å². The molecule has 0 radical (unpaired) electrons. The van der Waals surface area contributed by atoms with Crippen LogP contribution in [0.1, 0.15) is 62.1 Å². The van der Waals surface area contributed by atoms with Crippen molar-refractivity contribution in [3.63, 3.8) is 0 Å². The highest BCUT2D eigenvalue weighted by Crippen LogP contribution is 2.42. The van der Waals surface area contributed by atoms with Gasteiger partial charge in [0.15, 0.2) is 11.6 Å². The lowest BCUT2D eigenvalue weighted by molar-refractivity contribution is -0.0193. The van der Waals surface area contributed by atoms with E-state index in [1.807, 2.05) is 4.57 Å². The van der Waals surface area contributed by atoms with Gasteiger partial charge in [-0.05, 0) is 81.4 Å². The number of anilines is 1. The van der Waals surface area contributed by atoms with Crippen LogP contribution >= 0.6 is 23.5 Å². The first-order valence-corrected chi connectivity index (χ1v) is 13.2. The minimum atomic E-state index is -1.13. The maximum Gasteiger partial charge on any atom is 0.273 e. The maximum absolute atomic E-state index is 13.6. The molecule has 1 aromatic heterocycles. The molecule has 6 nitrogen and oxygen atoms in total. The number of fused-ring (bicyclic) bond motifs is 1. The summed E-state index contributed by atoms with van der Waals surface area (Å²) in [6.07, 6.45) is 5.16. The van der Waals surface area contributed by atoms with E-state index in [0.717, 1.165) is 54.8 Å². The van der Waals surface area contributed by atoms with Crippen molar-refractivity contribution in [2.45, 2.75) is 75.5 Å². The molecule has 35 heavy (non-hydrogen) atoms. The molecule has 0 spiro atoms. The SMILES string of the molecule is CC1CCC(CC(C)(O)CO)C1NSc1c(Cl)c(C(=O)Nc2ccc(F)c(F)c2)n2c1CCCC2. The number of halogens is 3. The molecule has 10 heteroatoms. The van der Waals surface area contributed by atoms with Crippen molar-refractivity contribution in [3.8, 4) is 0 Å². The third-order valence-electron chi connectivity index (χ3n) is 7.16. The Morgan fingerprint density at radius 2 is 2.06 bits per heavy atom. The zero-order valence-electron chi connectivity index (χ0n) is 19.9. The van der Waals surface area contributed by atoms with Gasteiger partial charge in [-0.1, -0.05) is 18.5 Å². The lowest BCUT2D eigenvalue weighted by Gasteiger charge is -2.30. The molecule has 1 aliphatic heterocycles. The number of benzene rings is 1. The molecule has 0 bridgehead atoms. The quantitative estimate of drug-likeness (QED) is 0.357. The number of aliphatic hydroxyl groups excluding tert-OH is 1. The summed E-state index contributed by atoms with van der Waals surface area (Å²) in [5, 5.41) is 22.9. The molecule has 1 aromatic carbocycles. The Hall–Kier alpha value is -1.65.